The highest BCUT2D eigenvalue weighted by atomic mass is 35.5. The third-order valence-electron chi connectivity index (χ3n) is 0.667. The van der Waals surface area contributed by atoms with Crippen LogP contribution in [0.25, 0.3) is 0 Å². The Morgan fingerprint density at radius 1 is 0.250 bits per heavy atom. The topological polar surface area (TPSA) is 208 Å². The largest absolute Gasteiger partial charge is 0.329 e. The van der Waals surface area contributed by atoms with Gasteiger partial charge in [-0.2, -0.15) is 0 Å². The Balaban J connectivity index is -0.0000000150. The summed E-state index contributed by atoms with van der Waals surface area (Å²) in [4.78, 5) is 0. The summed E-state index contributed by atoms with van der Waals surface area (Å²) in [7, 11) is 0. The zero-order valence-corrected chi connectivity index (χ0v) is 15.2. The van der Waals surface area contributed by atoms with Crippen LogP contribution in [-0.2, 0) is 0 Å². The maximum absolute atomic E-state index is 4.90. The molecule has 0 bridgehead atoms. The Morgan fingerprint density at radius 2 is 0.300 bits per heavy atom. The van der Waals surface area contributed by atoms with E-state index in [-0.39, 0.29) is 49.6 Å². The Kier molecular flexibility index (Phi) is 224. The molecule has 20 heavy (non-hydrogen) atoms. The van der Waals surface area contributed by atoms with Gasteiger partial charge in [0, 0.05) is 52.4 Å². The smallest absolute Gasteiger partial charge is 0.00461 e. The van der Waals surface area contributed by atoms with Crippen molar-refractivity contribution in [1.29, 1.82) is 0 Å². The lowest BCUT2D eigenvalue weighted by Gasteiger charge is -1.72. The lowest BCUT2D eigenvalue weighted by atomic mass is 10.7. The first kappa shape index (κ1) is 49.8. The van der Waals surface area contributed by atoms with E-state index in [1.807, 2.05) is 0 Å². The number of nitrogens with two attached hydrogens (primary N) is 8. The third-order valence-corrected chi connectivity index (χ3v) is 0.667. The number of hydrogen-bond donors (Lipinski definition) is 8. The summed E-state index contributed by atoms with van der Waals surface area (Å²) < 4.78 is 0. The Bertz CT molecular complexity index is 54.4. The summed E-state index contributed by atoms with van der Waals surface area (Å²) in [6.07, 6.45) is 0. The molecule has 0 saturated heterocycles. The summed E-state index contributed by atoms with van der Waals surface area (Å²) in [5, 5.41) is 0. The molecule has 0 aliphatic heterocycles. The standard InChI is InChI=1S/4C2H8N2.4ClH/c4*3-1-2-4;;;;/h4*1-4H2;4*1H. The van der Waals surface area contributed by atoms with E-state index in [9.17, 15) is 0 Å². The lowest BCUT2D eigenvalue weighted by Crippen LogP contribution is -2.11. The molecule has 0 atom stereocenters. The highest BCUT2D eigenvalue weighted by Gasteiger charge is 1.55. The molecule has 0 rings (SSSR count). The number of hydrogen-bond acceptors (Lipinski definition) is 8. The molecular weight excluding hydrogens is 350 g/mol. The Labute approximate surface area is 148 Å². The number of rotatable bonds is 4. The van der Waals surface area contributed by atoms with Crippen molar-refractivity contribution in [2.75, 3.05) is 52.4 Å². The maximum atomic E-state index is 4.90. The van der Waals surface area contributed by atoms with Crippen molar-refractivity contribution in [3.8, 4) is 0 Å². The van der Waals surface area contributed by atoms with Gasteiger partial charge in [0.25, 0.3) is 0 Å². The van der Waals surface area contributed by atoms with Gasteiger partial charge in [0.15, 0.2) is 0 Å². The van der Waals surface area contributed by atoms with Gasteiger partial charge in [0.1, 0.15) is 0 Å². The van der Waals surface area contributed by atoms with Crippen LogP contribution in [0.15, 0.2) is 0 Å². The van der Waals surface area contributed by atoms with Gasteiger partial charge < -0.3 is 45.9 Å². The van der Waals surface area contributed by atoms with Gasteiger partial charge in [0.05, 0.1) is 0 Å². The molecule has 0 saturated carbocycles. The van der Waals surface area contributed by atoms with Crippen molar-refractivity contribution in [3.05, 3.63) is 0 Å². The van der Waals surface area contributed by atoms with E-state index < -0.39 is 0 Å². The molecule has 0 aromatic rings. The van der Waals surface area contributed by atoms with Crippen LogP contribution >= 0.6 is 49.6 Å². The highest BCUT2D eigenvalue weighted by Crippen LogP contribution is 1.25. The maximum Gasteiger partial charge on any atom is 0.00461 e. The third kappa shape index (κ3) is 256. The fourth-order valence-corrected chi connectivity index (χ4v) is 0. The molecule has 16 N–H and O–H groups in total. The molecule has 0 amide bonds. The van der Waals surface area contributed by atoms with Crippen molar-refractivity contribution in [1.82, 2.24) is 0 Å². The SMILES string of the molecule is Cl.Cl.Cl.Cl.NCCN.NCCN.NCCN.NCCN. The molecule has 0 unspecified atom stereocenters. The van der Waals surface area contributed by atoms with Crippen LogP contribution in [-0.4, -0.2) is 52.4 Å². The molecule has 0 fully saturated rings. The van der Waals surface area contributed by atoms with Crippen LogP contribution in [0, 0.1) is 0 Å². The summed E-state index contributed by atoms with van der Waals surface area (Å²) in [5.74, 6) is 0. The first-order valence-corrected chi connectivity index (χ1v) is 5.27. The van der Waals surface area contributed by atoms with Crippen molar-refractivity contribution >= 4 is 49.6 Å². The van der Waals surface area contributed by atoms with Gasteiger partial charge in [-0.05, 0) is 0 Å². The minimum absolute atomic E-state index is 0. The van der Waals surface area contributed by atoms with Gasteiger partial charge in [-0.1, -0.05) is 0 Å². The molecular formula is C8H36Cl4N8. The fourth-order valence-electron chi connectivity index (χ4n) is 0. The fraction of sp³-hybridized carbons (Fsp3) is 1.00. The zero-order valence-electron chi connectivity index (χ0n) is 11.9. The van der Waals surface area contributed by atoms with Crippen LogP contribution in [0.5, 0.6) is 0 Å². The summed E-state index contributed by atoms with van der Waals surface area (Å²) in [6.45, 7) is 4.78. The first-order chi connectivity index (χ1) is 7.66. The number of halogens is 4. The molecule has 12 heteroatoms. The van der Waals surface area contributed by atoms with Crippen molar-refractivity contribution in [3.63, 3.8) is 0 Å². The van der Waals surface area contributed by atoms with Crippen LogP contribution in [0.4, 0.5) is 0 Å². The Hall–Kier alpha value is 0.840. The highest BCUT2D eigenvalue weighted by molar-refractivity contribution is 5.86. The second-order valence-electron chi connectivity index (χ2n) is 2.31. The van der Waals surface area contributed by atoms with E-state index in [1.54, 1.807) is 0 Å². The summed E-state index contributed by atoms with van der Waals surface area (Å²) >= 11 is 0. The zero-order chi connectivity index (χ0) is 13.7. The molecule has 8 nitrogen and oxygen atoms in total. The second kappa shape index (κ2) is 90.1. The second-order valence-corrected chi connectivity index (χ2v) is 2.31. The normalized spacial score (nSPS) is 6.00. The van der Waals surface area contributed by atoms with Gasteiger partial charge in [-0.15, -0.1) is 49.6 Å². The molecule has 0 radical (unpaired) electrons. The molecule has 0 heterocycles. The van der Waals surface area contributed by atoms with Crippen molar-refractivity contribution in [2.45, 2.75) is 0 Å². The van der Waals surface area contributed by atoms with E-state index >= 15 is 0 Å². The average Bonchev–Trinajstić information content (AvgIpc) is 2.39. The van der Waals surface area contributed by atoms with Gasteiger partial charge in [-0.25, -0.2) is 0 Å². The minimum atomic E-state index is 0. The molecule has 136 valence electrons. The van der Waals surface area contributed by atoms with E-state index in [4.69, 9.17) is 45.9 Å². The quantitative estimate of drug-likeness (QED) is 0.254. The predicted octanol–water partition coefficient (Wildman–Crippen LogP) is -2.70. The molecule has 0 aliphatic rings. The lowest BCUT2D eigenvalue weighted by molar-refractivity contribution is 0.976. The van der Waals surface area contributed by atoms with E-state index in [0.717, 1.165) is 0 Å². The van der Waals surface area contributed by atoms with Crippen LogP contribution in [0.2, 0.25) is 0 Å². The molecule has 0 aromatic carbocycles. The van der Waals surface area contributed by atoms with Crippen molar-refractivity contribution in [2.24, 2.45) is 45.9 Å². The van der Waals surface area contributed by atoms with E-state index in [1.165, 1.54) is 0 Å². The first-order valence-electron chi connectivity index (χ1n) is 5.27. The van der Waals surface area contributed by atoms with E-state index in [0.29, 0.717) is 52.4 Å². The van der Waals surface area contributed by atoms with Crippen molar-refractivity contribution < 1.29 is 0 Å². The van der Waals surface area contributed by atoms with Gasteiger partial charge in [0.2, 0.25) is 0 Å². The average molecular weight is 386 g/mol. The minimum Gasteiger partial charge on any atom is -0.329 e. The van der Waals surface area contributed by atoms with Gasteiger partial charge >= 0.3 is 0 Å². The molecule has 0 aliphatic carbocycles. The predicted molar refractivity (Wildman–Crippen MR) is 101 cm³/mol. The van der Waals surface area contributed by atoms with Crippen LogP contribution < -0.4 is 45.9 Å². The summed E-state index contributed by atoms with van der Waals surface area (Å²) in [5.41, 5.74) is 39.2. The van der Waals surface area contributed by atoms with Crippen LogP contribution in [0.1, 0.15) is 0 Å². The monoisotopic (exact) mass is 384 g/mol. The molecule has 0 spiro atoms. The van der Waals surface area contributed by atoms with E-state index in [2.05, 4.69) is 0 Å². The Morgan fingerprint density at radius 3 is 0.300 bits per heavy atom. The summed E-state index contributed by atoms with van der Waals surface area (Å²) in [6, 6.07) is 0. The van der Waals surface area contributed by atoms with Gasteiger partial charge in [-0.3, -0.25) is 0 Å². The molecule has 0 aromatic heterocycles. The van der Waals surface area contributed by atoms with Crippen LogP contribution in [0.3, 0.4) is 0 Å².